The van der Waals surface area contributed by atoms with Crippen molar-refractivity contribution in [2.75, 3.05) is 18.1 Å². The van der Waals surface area contributed by atoms with Crippen molar-refractivity contribution >= 4 is 29.4 Å². The molecule has 10 heteroatoms. The van der Waals surface area contributed by atoms with E-state index in [1.54, 1.807) is 48.5 Å². The van der Waals surface area contributed by atoms with Crippen LogP contribution in [-0.4, -0.2) is 37.1 Å². The Balaban J connectivity index is 1.41. The maximum atomic E-state index is 12.3. The molecule has 0 radical (unpaired) electrons. The van der Waals surface area contributed by atoms with E-state index >= 15 is 0 Å². The van der Waals surface area contributed by atoms with Gasteiger partial charge in [0, 0.05) is 23.9 Å². The topological polar surface area (TPSA) is 114 Å². The second kappa shape index (κ2) is 11.7. The molecule has 0 heterocycles. The van der Waals surface area contributed by atoms with E-state index in [-0.39, 0.29) is 19.4 Å². The summed E-state index contributed by atoms with van der Waals surface area (Å²) in [5, 5.41) is 0. The molecule has 0 spiro atoms. The van der Waals surface area contributed by atoms with E-state index in [4.69, 9.17) is 20.9 Å². The molecular formula is C25H27F3N2O5. The highest BCUT2D eigenvalue weighted by Gasteiger charge is 2.36. The third-order valence-corrected chi connectivity index (χ3v) is 5.54. The Bertz CT molecular complexity index is 1050. The maximum Gasteiger partial charge on any atom is 0.522 e. The minimum Gasteiger partial charge on any atom is -0.462 e. The fourth-order valence-electron chi connectivity index (χ4n) is 3.72. The minimum absolute atomic E-state index is 0.145. The second-order valence-electron chi connectivity index (χ2n) is 8.20. The van der Waals surface area contributed by atoms with Crippen LogP contribution < -0.4 is 11.5 Å². The van der Waals surface area contributed by atoms with Crippen LogP contribution in [0.5, 0.6) is 0 Å². The molecule has 0 unspecified atom stereocenters. The quantitative estimate of drug-likeness (QED) is 0.313. The van der Waals surface area contributed by atoms with Gasteiger partial charge in [0.25, 0.3) is 0 Å². The van der Waals surface area contributed by atoms with Crippen molar-refractivity contribution in [3.63, 3.8) is 0 Å². The first kappa shape index (κ1) is 26.1. The maximum absolute atomic E-state index is 12.3. The fraction of sp³-hybridized carbons (Fsp3) is 0.360. The van der Waals surface area contributed by atoms with Gasteiger partial charge in [0.1, 0.15) is 6.10 Å². The van der Waals surface area contributed by atoms with Crippen LogP contribution in [0.1, 0.15) is 47.2 Å². The van der Waals surface area contributed by atoms with E-state index < -0.39 is 30.5 Å². The molecule has 1 aliphatic carbocycles. The molecule has 35 heavy (non-hydrogen) atoms. The Labute approximate surface area is 200 Å². The summed E-state index contributed by atoms with van der Waals surface area (Å²) >= 11 is 0. The molecule has 188 valence electrons. The largest absolute Gasteiger partial charge is 0.522 e. The lowest BCUT2D eigenvalue weighted by Gasteiger charge is -2.28. The number of ether oxygens (including phenoxy) is 3. The molecule has 7 nitrogen and oxygen atoms in total. The van der Waals surface area contributed by atoms with Crippen molar-refractivity contribution in [3.8, 4) is 0 Å². The normalized spacial score (nSPS) is 18.4. The Morgan fingerprint density at radius 3 is 2.29 bits per heavy atom. The molecular weight excluding hydrogens is 465 g/mol. The Morgan fingerprint density at radius 2 is 1.63 bits per heavy atom. The molecule has 1 saturated carbocycles. The van der Waals surface area contributed by atoms with Crippen LogP contribution in [-0.2, 0) is 25.4 Å². The van der Waals surface area contributed by atoms with E-state index in [2.05, 4.69) is 4.74 Å². The van der Waals surface area contributed by atoms with Gasteiger partial charge in [0.05, 0.1) is 18.3 Å². The molecule has 2 aromatic carbocycles. The summed E-state index contributed by atoms with van der Waals surface area (Å²) < 4.78 is 51.5. The van der Waals surface area contributed by atoms with E-state index in [1.165, 1.54) is 6.08 Å². The number of anilines is 2. The molecule has 4 N–H and O–H groups in total. The first-order valence-corrected chi connectivity index (χ1v) is 11.1. The average molecular weight is 492 g/mol. The van der Waals surface area contributed by atoms with Crippen molar-refractivity contribution in [3.05, 3.63) is 65.2 Å². The number of alkyl halides is 3. The van der Waals surface area contributed by atoms with Gasteiger partial charge in [-0.25, -0.2) is 9.59 Å². The van der Waals surface area contributed by atoms with Crippen molar-refractivity contribution in [1.82, 2.24) is 0 Å². The number of benzene rings is 2. The lowest BCUT2D eigenvalue weighted by Crippen LogP contribution is -2.31. The van der Waals surface area contributed by atoms with Crippen LogP contribution in [0, 0.1) is 0 Å². The minimum atomic E-state index is -4.66. The number of nitrogen functional groups attached to an aromatic ring is 2. The lowest BCUT2D eigenvalue weighted by atomic mass is 9.95. The Kier molecular flexibility index (Phi) is 8.75. The van der Waals surface area contributed by atoms with Crippen LogP contribution in [0.15, 0.2) is 48.5 Å². The molecule has 1 fully saturated rings. The summed E-state index contributed by atoms with van der Waals surface area (Å²) in [4.78, 5) is 24.3. The van der Waals surface area contributed by atoms with Gasteiger partial charge < -0.3 is 20.9 Å². The molecule has 3 rings (SSSR count). The molecule has 0 atom stereocenters. The van der Waals surface area contributed by atoms with Crippen molar-refractivity contribution in [1.29, 1.82) is 0 Å². The molecule has 1 aliphatic rings. The highest BCUT2D eigenvalue weighted by molar-refractivity contribution is 5.90. The number of hydrogen-bond donors (Lipinski definition) is 2. The molecule has 0 aromatic heterocycles. The summed E-state index contributed by atoms with van der Waals surface area (Å²) in [7, 11) is 0. The standard InChI is InChI=1S/C25H27F3N2O5/c26-25(27,28)35-21-9-7-20(8-10-21)34-24(32)17-4-1-16(2-5-17)3-12-23(31)33-14-13-18-15-19(29)6-11-22(18)30/h1-6,11-12,15,20-21H,7-10,13-14,29-30H2. The third-order valence-electron chi connectivity index (χ3n) is 5.54. The highest BCUT2D eigenvalue weighted by Crippen LogP contribution is 2.29. The van der Waals surface area contributed by atoms with Gasteiger partial charge in [-0.2, -0.15) is 0 Å². The van der Waals surface area contributed by atoms with Gasteiger partial charge in [0.2, 0.25) is 0 Å². The van der Waals surface area contributed by atoms with Gasteiger partial charge in [-0.1, -0.05) is 12.1 Å². The summed E-state index contributed by atoms with van der Waals surface area (Å²) in [6.45, 7) is 0.145. The van der Waals surface area contributed by atoms with Crippen molar-refractivity contribution < 1.29 is 37.0 Å². The number of halogens is 3. The molecule has 2 aromatic rings. The SMILES string of the molecule is Nc1ccc(N)c(CCOC(=O)C=Cc2ccc(C(=O)OC3CCC(OC(F)(F)F)CC3)cc2)c1. The van der Waals surface area contributed by atoms with Gasteiger partial charge in [-0.05, 0) is 73.2 Å². The monoisotopic (exact) mass is 492 g/mol. The number of carbonyl (C=O) groups is 2. The second-order valence-corrected chi connectivity index (χ2v) is 8.20. The van der Waals surface area contributed by atoms with Crippen LogP contribution in [0.2, 0.25) is 0 Å². The van der Waals surface area contributed by atoms with Gasteiger partial charge >= 0.3 is 18.3 Å². The number of hydrogen-bond acceptors (Lipinski definition) is 7. The van der Waals surface area contributed by atoms with Gasteiger partial charge in [-0.3, -0.25) is 4.74 Å². The first-order chi connectivity index (χ1) is 16.6. The van der Waals surface area contributed by atoms with Crippen LogP contribution in [0.3, 0.4) is 0 Å². The number of carbonyl (C=O) groups excluding carboxylic acids is 2. The average Bonchev–Trinajstić information content (AvgIpc) is 2.80. The molecule has 0 bridgehead atoms. The van der Waals surface area contributed by atoms with Crippen LogP contribution in [0.25, 0.3) is 6.08 Å². The predicted octanol–water partition coefficient (Wildman–Crippen LogP) is 4.65. The van der Waals surface area contributed by atoms with Crippen LogP contribution >= 0.6 is 0 Å². The van der Waals surface area contributed by atoms with Crippen molar-refractivity contribution in [2.24, 2.45) is 0 Å². The van der Waals surface area contributed by atoms with E-state index in [1.807, 2.05) is 0 Å². The molecule has 0 saturated heterocycles. The van der Waals surface area contributed by atoms with Gasteiger partial charge in [0.15, 0.2) is 0 Å². The zero-order chi connectivity index (χ0) is 25.4. The van der Waals surface area contributed by atoms with Crippen LogP contribution in [0.4, 0.5) is 24.5 Å². The van der Waals surface area contributed by atoms with Gasteiger partial charge in [-0.15, -0.1) is 13.2 Å². The van der Waals surface area contributed by atoms with Crippen molar-refractivity contribution in [2.45, 2.75) is 50.7 Å². The van der Waals surface area contributed by atoms with E-state index in [9.17, 15) is 22.8 Å². The Hall–Kier alpha value is -3.53. The number of rotatable bonds is 8. The summed E-state index contributed by atoms with van der Waals surface area (Å²) in [6.07, 6.45) is -1.80. The predicted molar refractivity (Wildman–Crippen MR) is 124 cm³/mol. The molecule has 0 aliphatic heterocycles. The number of nitrogens with two attached hydrogens (primary N) is 2. The van der Waals surface area contributed by atoms with E-state index in [0.717, 1.165) is 5.56 Å². The fourth-order valence-corrected chi connectivity index (χ4v) is 3.72. The lowest BCUT2D eigenvalue weighted by molar-refractivity contribution is -0.346. The number of esters is 2. The zero-order valence-electron chi connectivity index (χ0n) is 18.9. The first-order valence-electron chi connectivity index (χ1n) is 11.1. The summed E-state index contributed by atoms with van der Waals surface area (Å²) in [5.41, 5.74) is 14.5. The zero-order valence-corrected chi connectivity index (χ0v) is 18.9. The van der Waals surface area contributed by atoms with E-state index in [0.29, 0.717) is 41.8 Å². The highest BCUT2D eigenvalue weighted by atomic mass is 19.4. The summed E-state index contributed by atoms with van der Waals surface area (Å²) in [6, 6.07) is 11.5. The Morgan fingerprint density at radius 1 is 0.971 bits per heavy atom. The third kappa shape index (κ3) is 8.64. The summed E-state index contributed by atoms with van der Waals surface area (Å²) in [5.74, 6) is -1.08. The smallest absolute Gasteiger partial charge is 0.462 e. The molecule has 0 amide bonds.